The van der Waals surface area contributed by atoms with Crippen LogP contribution in [0.15, 0.2) is 85.2 Å². The third kappa shape index (κ3) is 3.73. The van der Waals surface area contributed by atoms with Gasteiger partial charge in [-0.3, -0.25) is 9.20 Å². The molecular weight excluding hydrogens is 443 g/mol. The second kappa shape index (κ2) is 8.11. The van der Waals surface area contributed by atoms with E-state index in [0.29, 0.717) is 21.4 Å². The maximum atomic E-state index is 11.6. The van der Waals surface area contributed by atoms with E-state index in [0.717, 1.165) is 33.6 Å². The number of imidazole rings is 1. The fourth-order valence-corrected chi connectivity index (χ4v) is 3.88. The van der Waals surface area contributed by atoms with Crippen molar-refractivity contribution in [2.24, 2.45) is 5.73 Å². The van der Waals surface area contributed by atoms with Crippen LogP contribution in [-0.4, -0.2) is 20.3 Å². The number of halogens is 2. The van der Waals surface area contributed by atoms with E-state index in [1.165, 1.54) is 0 Å². The quantitative estimate of drug-likeness (QED) is 0.351. The Labute approximate surface area is 194 Å². The van der Waals surface area contributed by atoms with Gasteiger partial charge in [0.15, 0.2) is 0 Å². The highest BCUT2D eigenvalue weighted by Crippen LogP contribution is 2.34. The SMILES string of the molecule is NC(=O)c1cccc(-c2cnc3nc(-c4ccc(Cl)cc4)c(-c4ccc(Cl)cc4)n3c2)c1. The van der Waals surface area contributed by atoms with Crippen LogP contribution in [0.5, 0.6) is 0 Å². The molecule has 7 heteroatoms. The molecule has 0 saturated heterocycles. The molecule has 0 atom stereocenters. The highest BCUT2D eigenvalue weighted by Gasteiger charge is 2.18. The van der Waals surface area contributed by atoms with Gasteiger partial charge in [-0.15, -0.1) is 0 Å². The number of nitrogens with zero attached hydrogens (tertiary/aromatic N) is 3. The van der Waals surface area contributed by atoms with Crippen LogP contribution >= 0.6 is 23.2 Å². The Morgan fingerprint density at radius 1 is 0.812 bits per heavy atom. The molecule has 0 unspecified atom stereocenters. The molecule has 2 aromatic heterocycles. The van der Waals surface area contributed by atoms with E-state index in [1.54, 1.807) is 24.4 Å². The Bertz CT molecular complexity index is 1460. The number of hydrogen-bond donors (Lipinski definition) is 1. The summed E-state index contributed by atoms with van der Waals surface area (Å²) in [6.07, 6.45) is 3.69. The number of fused-ring (bicyclic) bond motifs is 1. The van der Waals surface area contributed by atoms with Crippen molar-refractivity contribution in [3.8, 4) is 33.6 Å². The van der Waals surface area contributed by atoms with Crippen LogP contribution in [0.2, 0.25) is 10.0 Å². The zero-order valence-corrected chi connectivity index (χ0v) is 18.2. The van der Waals surface area contributed by atoms with Crippen LogP contribution in [0.4, 0.5) is 0 Å². The first kappa shape index (κ1) is 20.2. The summed E-state index contributed by atoms with van der Waals surface area (Å²) in [6, 6.07) is 22.3. The Morgan fingerprint density at radius 2 is 1.47 bits per heavy atom. The summed E-state index contributed by atoms with van der Waals surface area (Å²) in [7, 11) is 0. The molecule has 2 heterocycles. The maximum Gasteiger partial charge on any atom is 0.248 e. The first-order valence-electron chi connectivity index (χ1n) is 9.80. The van der Waals surface area contributed by atoms with Crippen molar-refractivity contribution in [1.29, 1.82) is 0 Å². The maximum absolute atomic E-state index is 11.6. The number of amides is 1. The lowest BCUT2D eigenvalue weighted by molar-refractivity contribution is 0.100. The topological polar surface area (TPSA) is 73.3 Å². The Balaban J connectivity index is 1.75. The number of primary amides is 1. The lowest BCUT2D eigenvalue weighted by atomic mass is 10.0. The first-order valence-corrected chi connectivity index (χ1v) is 10.6. The summed E-state index contributed by atoms with van der Waals surface area (Å²) >= 11 is 12.2. The Kier molecular flexibility index (Phi) is 5.13. The van der Waals surface area contributed by atoms with Gasteiger partial charge in [-0.05, 0) is 42.0 Å². The van der Waals surface area contributed by atoms with Gasteiger partial charge in [-0.25, -0.2) is 9.97 Å². The number of carbonyl (C=O) groups excluding carboxylic acids is 1. The predicted molar refractivity (Wildman–Crippen MR) is 128 cm³/mol. The molecule has 0 spiro atoms. The van der Waals surface area contributed by atoms with Crippen molar-refractivity contribution in [3.05, 3.63) is 101 Å². The summed E-state index contributed by atoms with van der Waals surface area (Å²) in [6.45, 7) is 0. The molecule has 3 aromatic carbocycles. The lowest BCUT2D eigenvalue weighted by Gasteiger charge is -2.08. The largest absolute Gasteiger partial charge is 0.366 e. The minimum Gasteiger partial charge on any atom is -0.366 e. The van der Waals surface area contributed by atoms with E-state index >= 15 is 0 Å². The average Bonchev–Trinajstić information content (AvgIpc) is 3.19. The number of aromatic nitrogens is 3. The van der Waals surface area contributed by atoms with Crippen molar-refractivity contribution in [1.82, 2.24) is 14.4 Å². The van der Waals surface area contributed by atoms with Gasteiger partial charge in [0.2, 0.25) is 11.7 Å². The average molecular weight is 459 g/mol. The third-order valence-electron chi connectivity index (χ3n) is 5.20. The predicted octanol–water partition coefficient (Wildman–Crippen LogP) is 6.14. The summed E-state index contributed by atoms with van der Waals surface area (Å²) in [5.74, 6) is 0.0742. The van der Waals surface area contributed by atoms with Crippen molar-refractivity contribution in [2.45, 2.75) is 0 Å². The minimum atomic E-state index is -0.476. The van der Waals surface area contributed by atoms with Crippen molar-refractivity contribution < 1.29 is 4.79 Å². The second-order valence-electron chi connectivity index (χ2n) is 7.28. The van der Waals surface area contributed by atoms with E-state index < -0.39 is 5.91 Å². The van der Waals surface area contributed by atoms with Crippen LogP contribution in [0.25, 0.3) is 39.4 Å². The highest BCUT2D eigenvalue weighted by atomic mass is 35.5. The van der Waals surface area contributed by atoms with Crippen molar-refractivity contribution in [2.75, 3.05) is 0 Å². The molecule has 5 nitrogen and oxygen atoms in total. The highest BCUT2D eigenvalue weighted by molar-refractivity contribution is 6.31. The fraction of sp³-hybridized carbons (Fsp3) is 0. The lowest BCUT2D eigenvalue weighted by Crippen LogP contribution is -2.10. The van der Waals surface area contributed by atoms with Crippen molar-refractivity contribution >= 4 is 34.9 Å². The number of carbonyl (C=O) groups is 1. The molecule has 5 rings (SSSR count). The summed E-state index contributed by atoms with van der Waals surface area (Å²) in [5.41, 5.74) is 11.1. The third-order valence-corrected chi connectivity index (χ3v) is 5.70. The molecule has 0 aliphatic rings. The van der Waals surface area contributed by atoms with Crippen LogP contribution in [0.1, 0.15) is 10.4 Å². The van der Waals surface area contributed by atoms with Crippen molar-refractivity contribution in [3.63, 3.8) is 0 Å². The fourth-order valence-electron chi connectivity index (χ4n) is 3.63. The van der Waals surface area contributed by atoms with Gasteiger partial charge in [0.1, 0.15) is 0 Å². The monoisotopic (exact) mass is 458 g/mol. The molecule has 1 amide bonds. The molecule has 2 N–H and O–H groups in total. The number of nitrogens with two attached hydrogens (primary N) is 1. The summed E-state index contributed by atoms with van der Waals surface area (Å²) in [4.78, 5) is 21.0. The number of hydrogen-bond acceptors (Lipinski definition) is 3. The normalized spacial score (nSPS) is 11.1. The smallest absolute Gasteiger partial charge is 0.248 e. The molecule has 32 heavy (non-hydrogen) atoms. The summed E-state index contributed by atoms with van der Waals surface area (Å²) in [5, 5.41) is 1.30. The van der Waals surface area contributed by atoms with E-state index in [1.807, 2.05) is 65.2 Å². The minimum absolute atomic E-state index is 0.438. The molecule has 0 aliphatic carbocycles. The first-order chi connectivity index (χ1) is 15.5. The molecule has 156 valence electrons. The van der Waals surface area contributed by atoms with Crippen LogP contribution in [-0.2, 0) is 0 Å². The van der Waals surface area contributed by atoms with E-state index in [4.69, 9.17) is 33.9 Å². The van der Waals surface area contributed by atoms with Crippen LogP contribution in [0.3, 0.4) is 0 Å². The van der Waals surface area contributed by atoms with Crippen LogP contribution < -0.4 is 5.73 Å². The second-order valence-corrected chi connectivity index (χ2v) is 8.15. The van der Waals surface area contributed by atoms with E-state index in [-0.39, 0.29) is 0 Å². The van der Waals surface area contributed by atoms with Gasteiger partial charge in [0, 0.05) is 44.7 Å². The molecule has 0 radical (unpaired) electrons. The molecule has 0 bridgehead atoms. The van der Waals surface area contributed by atoms with Crippen LogP contribution in [0, 0.1) is 0 Å². The molecular formula is C25H16Cl2N4O. The zero-order valence-electron chi connectivity index (χ0n) is 16.7. The molecule has 0 fully saturated rings. The van der Waals surface area contributed by atoms with E-state index in [2.05, 4.69) is 4.98 Å². The zero-order chi connectivity index (χ0) is 22.2. The van der Waals surface area contributed by atoms with Gasteiger partial charge in [0.05, 0.1) is 11.4 Å². The Morgan fingerprint density at radius 3 is 2.12 bits per heavy atom. The van der Waals surface area contributed by atoms with Gasteiger partial charge >= 0.3 is 0 Å². The standard InChI is InChI=1S/C25H16Cl2N4O/c26-20-8-4-15(5-9-20)22-23(16-6-10-21(27)11-7-16)31-14-19(13-29-25(31)30-22)17-2-1-3-18(12-17)24(28)32/h1-14H,(H2,28,32). The van der Waals surface area contributed by atoms with Gasteiger partial charge in [0.25, 0.3) is 0 Å². The van der Waals surface area contributed by atoms with Gasteiger partial charge in [-0.2, -0.15) is 0 Å². The molecule has 0 aliphatic heterocycles. The van der Waals surface area contributed by atoms with Gasteiger partial charge < -0.3 is 5.73 Å². The number of benzene rings is 3. The number of rotatable bonds is 4. The van der Waals surface area contributed by atoms with Gasteiger partial charge in [-0.1, -0.05) is 59.6 Å². The molecule has 0 saturated carbocycles. The summed E-state index contributed by atoms with van der Waals surface area (Å²) < 4.78 is 1.94. The molecule has 5 aromatic rings. The van der Waals surface area contributed by atoms with E-state index in [9.17, 15) is 4.79 Å². The Hall–Kier alpha value is -3.67.